The molecule has 0 saturated carbocycles. The van der Waals surface area contributed by atoms with E-state index in [2.05, 4.69) is 61.6 Å². The number of guanidine groups is 1. The predicted molar refractivity (Wildman–Crippen MR) is 94.8 cm³/mol. The summed E-state index contributed by atoms with van der Waals surface area (Å²) in [5.74, 6) is 1.78. The van der Waals surface area contributed by atoms with Gasteiger partial charge < -0.3 is 19.9 Å². The van der Waals surface area contributed by atoms with Crippen molar-refractivity contribution in [2.75, 3.05) is 20.7 Å². The zero-order chi connectivity index (χ0) is 17.2. The highest BCUT2D eigenvalue weighted by molar-refractivity contribution is 5.79. The van der Waals surface area contributed by atoms with E-state index < -0.39 is 0 Å². The van der Waals surface area contributed by atoms with Crippen LogP contribution in [0.25, 0.3) is 0 Å². The van der Waals surface area contributed by atoms with Crippen molar-refractivity contribution in [3.8, 4) is 0 Å². The van der Waals surface area contributed by atoms with Crippen molar-refractivity contribution >= 4 is 5.96 Å². The minimum Gasteiger partial charge on any atom is -0.380 e. The highest BCUT2D eigenvalue weighted by Crippen LogP contribution is 2.05. The van der Waals surface area contributed by atoms with Gasteiger partial charge in [-0.25, -0.2) is 0 Å². The fourth-order valence-corrected chi connectivity index (χ4v) is 2.36. The second-order valence-corrected chi connectivity index (χ2v) is 5.40. The molecule has 1 heterocycles. The summed E-state index contributed by atoms with van der Waals surface area (Å²) in [6.07, 6.45) is 2.64. The molecular formula is C17H26N6O. The first-order chi connectivity index (χ1) is 11.8. The van der Waals surface area contributed by atoms with E-state index in [1.54, 1.807) is 20.5 Å². The van der Waals surface area contributed by atoms with E-state index in [1.165, 1.54) is 11.1 Å². The summed E-state index contributed by atoms with van der Waals surface area (Å²) in [5.41, 5.74) is 2.37. The van der Waals surface area contributed by atoms with Gasteiger partial charge in [-0.05, 0) is 11.1 Å². The van der Waals surface area contributed by atoms with Gasteiger partial charge in [-0.2, -0.15) is 0 Å². The van der Waals surface area contributed by atoms with Crippen molar-refractivity contribution in [1.82, 2.24) is 25.4 Å². The molecule has 0 amide bonds. The summed E-state index contributed by atoms with van der Waals surface area (Å²) in [7, 11) is 3.47. The third kappa shape index (κ3) is 5.34. The van der Waals surface area contributed by atoms with Crippen molar-refractivity contribution in [1.29, 1.82) is 0 Å². The molecule has 0 atom stereocenters. The molecule has 0 spiro atoms. The number of hydrogen-bond acceptors (Lipinski definition) is 4. The molecule has 0 aliphatic carbocycles. The maximum atomic E-state index is 5.12. The fraction of sp³-hybridized carbons (Fsp3) is 0.471. The molecule has 2 rings (SSSR count). The Morgan fingerprint density at radius 2 is 1.96 bits per heavy atom. The third-order valence-electron chi connectivity index (χ3n) is 3.67. The zero-order valence-corrected chi connectivity index (χ0v) is 14.6. The minimum atomic E-state index is 0.639. The molecule has 7 heteroatoms. The summed E-state index contributed by atoms with van der Waals surface area (Å²) in [4.78, 5) is 4.25. The molecule has 1 aromatic heterocycles. The van der Waals surface area contributed by atoms with Crippen molar-refractivity contribution in [2.24, 2.45) is 4.99 Å². The number of rotatable bonds is 8. The Hall–Kier alpha value is -2.41. The van der Waals surface area contributed by atoms with Crippen LogP contribution in [0.2, 0.25) is 0 Å². The molecule has 0 fully saturated rings. The number of aliphatic imine (C=N–C) groups is 1. The summed E-state index contributed by atoms with van der Waals surface area (Å²) in [6, 6.07) is 8.35. The maximum Gasteiger partial charge on any atom is 0.191 e. The summed E-state index contributed by atoms with van der Waals surface area (Å²) in [5, 5.41) is 14.6. The van der Waals surface area contributed by atoms with Gasteiger partial charge in [0.15, 0.2) is 5.96 Å². The highest BCUT2D eigenvalue weighted by atomic mass is 16.5. The van der Waals surface area contributed by atoms with Gasteiger partial charge >= 0.3 is 0 Å². The van der Waals surface area contributed by atoms with Crippen molar-refractivity contribution < 1.29 is 4.74 Å². The summed E-state index contributed by atoms with van der Waals surface area (Å²) in [6.45, 7) is 5.01. The largest absolute Gasteiger partial charge is 0.380 e. The molecule has 0 unspecified atom stereocenters. The van der Waals surface area contributed by atoms with Gasteiger partial charge in [0.25, 0.3) is 0 Å². The number of methoxy groups -OCH3 is 1. The number of benzene rings is 1. The molecule has 2 aromatic rings. The molecule has 0 saturated heterocycles. The molecule has 0 bridgehead atoms. The quantitative estimate of drug-likeness (QED) is 0.564. The summed E-state index contributed by atoms with van der Waals surface area (Å²) < 4.78 is 7.17. The lowest BCUT2D eigenvalue weighted by atomic mass is 10.1. The Labute approximate surface area is 143 Å². The molecular weight excluding hydrogens is 304 g/mol. The number of nitrogens with zero attached hydrogens (tertiary/aromatic N) is 4. The Morgan fingerprint density at radius 1 is 1.21 bits per heavy atom. The van der Waals surface area contributed by atoms with Crippen LogP contribution in [-0.4, -0.2) is 41.4 Å². The Morgan fingerprint density at radius 3 is 2.62 bits per heavy atom. The second kappa shape index (κ2) is 9.67. The SMILES string of the molecule is CCc1nncn1CCNC(=NC)NCc1ccc(COC)cc1. The molecule has 0 radical (unpaired) electrons. The van der Waals surface area contributed by atoms with Gasteiger partial charge in [0.2, 0.25) is 0 Å². The topological polar surface area (TPSA) is 76.4 Å². The number of hydrogen-bond donors (Lipinski definition) is 2. The Bertz CT molecular complexity index is 635. The van der Waals surface area contributed by atoms with E-state index in [0.717, 1.165) is 37.8 Å². The molecule has 0 aliphatic heterocycles. The Balaban J connectivity index is 1.76. The van der Waals surface area contributed by atoms with Gasteiger partial charge in [0.05, 0.1) is 6.61 Å². The van der Waals surface area contributed by atoms with Gasteiger partial charge in [0, 0.05) is 40.2 Å². The van der Waals surface area contributed by atoms with E-state index in [9.17, 15) is 0 Å². The first kappa shape index (κ1) is 17.9. The highest BCUT2D eigenvalue weighted by Gasteiger charge is 2.02. The van der Waals surface area contributed by atoms with Crippen LogP contribution in [0.4, 0.5) is 0 Å². The lowest BCUT2D eigenvalue weighted by molar-refractivity contribution is 0.185. The monoisotopic (exact) mass is 330 g/mol. The first-order valence-electron chi connectivity index (χ1n) is 8.14. The zero-order valence-electron chi connectivity index (χ0n) is 14.6. The van der Waals surface area contributed by atoms with Crippen LogP contribution in [0.15, 0.2) is 35.6 Å². The number of nitrogens with one attached hydrogen (secondary N) is 2. The standard InChI is InChI=1S/C17H26N6O/c1-4-16-22-21-13-23(16)10-9-19-17(18-2)20-11-14-5-7-15(8-6-14)12-24-3/h5-8,13H,4,9-12H2,1-3H3,(H2,18,19,20). The van der Waals surface area contributed by atoms with Crippen LogP contribution in [-0.2, 0) is 30.9 Å². The number of aryl methyl sites for hydroxylation is 1. The molecule has 7 nitrogen and oxygen atoms in total. The first-order valence-corrected chi connectivity index (χ1v) is 8.14. The van der Waals surface area contributed by atoms with E-state index in [1.807, 2.05) is 0 Å². The van der Waals surface area contributed by atoms with Crippen molar-refractivity contribution in [3.63, 3.8) is 0 Å². The molecule has 0 aliphatic rings. The van der Waals surface area contributed by atoms with Crippen LogP contribution < -0.4 is 10.6 Å². The molecule has 2 N–H and O–H groups in total. The molecule has 24 heavy (non-hydrogen) atoms. The van der Waals surface area contributed by atoms with E-state index in [-0.39, 0.29) is 0 Å². The predicted octanol–water partition coefficient (Wildman–Crippen LogP) is 1.35. The van der Waals surface area contributed by atoms with Crippen molar-refractivity contribution in [3.05, 3.63) is 47.5 Å². The fourth-order valence-electron chi connectivity index (χ4n) is 2.36. The maximum absolute atomic E-state index is 5.12. The van der Waals surface area contributed by atoms with E-state index >= 15 is 0 Å². The smallest absolute Gasteiger partial charge is 0.191 e. The lowest BCUT2D eigenvalue weighted by Gasteiger charge is -2.13. The van der Waals surface area contributed by atoms with Crippen molar-refractivity contribution in [2.45, 2.75) is 33.0 Å². The van der Waals surface area contributed by atoms with Crippen LogP contribution in [0.3, 0.4) is 0 Å². The van der Waals surface area contributed by atoms with E-state index in [0.29, 0.717) is 6.61 Å². The van der Waals surface area contributed by atoms with Gasteiger partial charge in [-0.3, -0.25) is 4.99 Å². The average molecular weight is 330 g/mol. The number of ether oxygens (including phenoxy) is 1. The summed E-state index contributed by atoms with van der Waals surface area (Å²) >= 11 is 0. The van der Waals surface area contributed by atoms with Crippen LogP contribution in [0.5, 0.6) is 0 Å². The average Bonchev–Trinajstić information content (AvgIpc) is 3.07. The van der Waals surface area contributed by atoms with Crippen LogP contribution >= 0.6 is 0 Å². The third-order valence-corrected chi connectivity index (χ3v) is 3.67. The normalized spacial score (nSPS) is 11.5. The number of aromatic nitrogens is 3. The van der Waals surface area contributed by atoms with Gasteiger partial charge in [-0.1, -0.05) is 31.2 Å². The van der Waals surface area contributed by atoms with Crippen LogP contribution in [0.1, 0.15) is 23.9 Å². The minimum absolute atomic E-state index is 0.639. The van der Waals surface area contributed by atoms with Gasteiger partial charge in [-0.15, -0.1) is 10.2 Å². The van der Waals surface area contributed by atoms with Crippen LogP contribution in [0, 0.1) is 0 Å². The Kier molecular flexibility index (Phi) is 7.22. The van der Waals surface area contributed by atoms with Gasteiger partial charge in [0.1, 0.15) is 12.2 Å². The molecule has 1 aromatic carbocycles. The lowest BCUT2D eigenvalue weighted by Crippen LogP contribution is -2.38. The second-order valence-electron chi connectivity index (χ2n) is 5.40. The van der Waals surface area contributed by atoms with E-state index in [4.69, 9.17) is 4.74 Å². The molecule has 130 valence electrons.